The van der Waals surface area contributed by atoms with Crippen LogP contribution in [0.25, 0.3) is 0 Å². The number of carbonyl (C=O) groups excluding carboxylic acids is 1. The number of hydrogen-bond donors (Lipinski definition) is 1. The number of nitrogens with two attached hydrogens (primary N) is 1. The molecular weight excluding hydrogens is 351 g/mol. The molecule has 2 rings (SSSR count). The number of halogens is 3. The minimum absolute atomic E-state index is 0. The predicted octanol–water partition coefficient (Wildman–Crippen LogP) is 3.02. The van der Waals surface area contributed by atoms with E-state index in [9.17, 15) is 4.79 Å². The maximum atomic E-state index is 12.1. The van der Waals surface area contributed by atoms with E-state index in [-0.39, 0.29) is 24.4 Å². The molecule has 3 nitrogen and oxygen atoms in total. The molecule has 19 heavy (non-hydrogen) atoms. The molecule has 0 saturated carbocycles. The third-order valence-corrected chi connectivity index (χ3v) is 4.36. The number of carbonyl (C=O) groups is 1. The monoisotopic (exact) mass is 366 g/mol. The molecule has 1 aromatic rings. The Balaban J connectivity index is 0.00000180. The fraction of sp³-hybridized carbons (Fsp3) is 0.462. The van der Waals surface area contributed by atoms with Crippen LogP contribution >= 0.6 is 39.9 Å². The second-order valence-corrected chi connectivity index (χ2v) is 5.93. The molecule has 0 bridgehead atoms. The van der Waals surface area contributed by atoms with E-state index in [0.29, 0.717) is 18.0 Å². The first-order chi connectivity index (χ1) is 8.56. The molecule has 1 aliphatic heterocycles. The Bertz CT molecular complexity index is 456. The summed E-state index contributed by atoms with van der Waals surface area (Å²) in [5.41, 5.74) is 6.85. The van der Waals surface area contributed by atoms with Gasteiger partial charge in [-0.25, -0.2) is 0 Å². The summed E-state index contributed by atoms with van der Waals surface area (Å²) >= 11 is 9.29. The Morgan fingerprint density at radius 2 is 2.26 bits per heavy atom. The van der Waals surface area contributed by atoms with Gasteiger partial charge in [-0.1, -0.05) is 17.7 Å². The Kier molecular flexibility index (Phi) is 6.60. The van der Waals surface area contributed by atoms with E-state index < -0.39 is 0 Å². The van der Waals surface area contributed by atoms with Gasteiger partial charge in [0.1, 0.15) is 0 Å². The van der Waals surface area contributed by atoms with Crippen molar-refractivity contribution in [2.24, 2.45) is 5.73 Å². The van der Waals surface area contributed by atoms with Crippen molar-refractivity contribution in [1.29, 1.82) is 0 Å². The molecule has 1 aromatic carbocycles. The normalized spacial score (nSPS) is 18.9. The fourth-order valence-electron chi connectivity index (χ4n) is 2.17. The van der Waals surface area contributed by atoms with Crippen LogP contribution in [0, 0.1) is 0 Å². The molecule has 0 aromatic heterocycles. The lowest BCUT2D eigenvalue weighted by atomic mass is 10.1. The zero-order valence-corrected chi connectivity index (χ0v) is 13.6. The number of piperidine rings is 1. The third-order valence-electron chi connectivity index (χ3n) is 3.15. The van der Waals surface area contributed by atoms with Gasteiger partial charge in [0.2, 0.25) is 5.91 Å². The first-order valence-electron chi connectivity index (χ1n) is 6.03. The topological polar surface area (TPSA) is 46.3 Å². The number of nitrogens with zero attached hydrogens (tertiary/aromatic N) is 1. The SMILES string of the molecule is Cl.N[C@@H]1CCCN(C(=O)Cc2ccc(Cl)c(Br)c2)C1. The largest absolute Gasteiger partial charge is 0.341 e. The van der Waals surface area contributed by atoms with Gasteiger partial charge in [-0.2, -0.15) is 0 Å². The summed E-state index contributed by atoms with van der Waals surface area (Å²) < 4.78 is 0.824. The summed E-state index contributed by atoms with van der Waals surface area (Å²) in [5.74, 6) is 0.138. The summed E-state index contributed by atoms with van der Waals surface area (Å²) in [6.07, 6.45) is 2.41. The van der Waals surface area contributed by atoms with Crippen LogP contribution < -0.4 is 5.73 Å². The summed E-state index contributed by atoms with van der Waals surface area (Å²) in [7, 11) is 0. The van der Waals surface area contributed by atoms with Crippen molar-refractivity contribution in [1.82, 2.24) is 4.90 Å². The standard InChI is InChI=1S/C13H16BrClN2O.ClH/c14-11-6-9(3-4-12(11)15)7-13(18)17-5-1-2-10(16)8-17;/h3-4,6,10H,1-2,5,7-8,16H2;1H/t10-;/m1./s1. The molecule has 1 heterocycles. The summed E-state index contributed by atoms with van der Waals surface area (Å²) in [5, 5.41) is 0.659. The highest BCUT2D eigenvalue weighted by Crippen LogP contribution is 2.23. The van der Waals surface area contributed by atoms with Crippen molar-refractivity contribution in [3.8, 4) is 0 Å². The summed E-state index contributed by atoms with van der Waals surface area (Å²) in [6, 6.07) is 5.70. The van der Waals surface area contributed by atoms with Crippen LogP contribution in [0.3, 0.4) is 0 Å². The molecular formula is C13H17BrCl2N2O. The van der Waals surface area contributed by atoms with Crippen molar-refractivity contribution < 1.29 is 4.79 Å². The quantitative estimate of drug-likeness (QED) is 0.873. The van der Waals surface area contributed by atoms with Crippen molar-refractivity contribution >= 4 is 45.8 Å². The van der Waals surface area contributed by atoms with E-state index >= 15 is 0 Å². The summed E-state index contributed by atoms with van der Waals surface area (Å²) in [6.45, 7) is 1.49. The lowest BCUT2D eigenvalue weighted by molar-refractivity contribution is -0.131. The Morgan fingerprint density at radius 1 is 1.53 bits per heavy atom. The average Bonchev–Trinajstić information content (AvgIpc) is 2.34. The minimum Gasteiger partial charge on any atom is -0.341 e. The first-order valence-corrected chi connectivity index (χ1v) is 7.20. The van der Waals surface area contributed by atoms with Gasteiger partial charge in [-0.05, 0) is 46.5 Å². The van der Waals surface area contributed by atoms with Crippen molar-refractivity contribution in [2.75, 3.05) is 13.1 Å². The first kappa shape index (κ1) is 16.8. The highest BCUT2D eigenvalue weighted by Gasteiger charge is 2.21. The predicted molar refractivity (Wildman–Crippen MR) is 83.9 cm³/mol. The van der Waals surface area contributed by atoms with E-state index in [2.05, 4.69) is 15.9 Å². The van der Waals surface area contributed by atoms with Crippen LogP contribution in [0.4, 0.5) is 0 Å². The molecule has 1 atom stereocenters. The van der Waals surface area contributed by atoms with Crippen molar-refractivity contribution in [2.45, 2.75) is 25.3 Å². The molecule has 0 unspecified atom stereocenters. The Morgan fingerprint density at radius 3 is 2.89 bits per heavy atom. The van der Waals surface area contributed by atoms with Crippen LogP contribution in [0.5, 0.6) is 0 Å². The number of likely N-dealkylation sites (tertiary alicyclic amines) is 1. The summed E-state index contributed by atoms with van der Waals surface area (Å²) in [4.78, 5) is 14.0. The molecule has 2 N–H and O–H groups in total. The molecule has 1 saturated heterocycles. The number of rotatable bonds is 2. The molecule has 0 aliphatic carbocycles. The average molecular weight is 368 g/mol. The van der Waals surface area contributed by atoms with Crippen LogP contribution in [-0.4, -0.2) is 29.9 Å². The van der Waals surface area contributed by atoms with Gasteiger partial charge < -0.3 is 10.6 Å². The Labute approximate surface area is 133 Å². The minimum atomic E-state index is 0. The molecule has 1 fully saturated rings. The number of benzene rings is 1. The van der Waals surface area contributed by atoms with Crippen LogP contribution in [-0.2, 0) is 11.2 Å². The second-order valence-electron chi connectivity index (χ2n) is 4.67. The maximum Gasteiger partial charge on any atom is 0.227 e. The van der Waals surface area contributed by atoms with Gasteiger partial charge in [0.25, 0.3) is 0 Å². The van der Waals surface area contributed by atoms with Gasteiger partial charge in [0.05, 0.1) is 11.4 Å². The van der Waals surface area contributed by atoms with E-state index in [1.54, 1.807) is 6.07 Å². The smallest absolute Gasteiger partial charge is 0.227 e. The number of amides is 1. The number of hydrogen-bond acceptors (Lipinski definition) is 2. The van der Waals surface area contributed by atoms with Gasteiger partial charge in [-0.3, -0.25) is 4.79 Å². The molecule has 106 valence electrons. The molecule has 0 spiro atoms. The zero-order chi connectivity index (χ0) is 13.1. The maximum absolute atomic E-state index is 12.1. The van der Waals surface area contributed by atoms with E-state index in [1.165, 1.54) is 0 Å². The van der Waals surface area contributed by atoms with E-state index in [4.69, 9.17) is 17.3 Å². The van der Waals surface area contributed by atoms with Crippen molar-refractivity contribution in [3.05, 3.63) is 33.3 Å². The lowest BCUT2D eigenvalue weighted by Crippen LogP contribution is -2.46. The van der Waals surface area contributed by atoms with Gasteiger partial charge in [0, 0.05) is 23.6 Å². The fourth-order valence-corrected chi connectivity index (χ4v) is 2.72. The van der Waals surface area contributed by atoms with Gasteiger partial charge in [0.15, 0.2) is 0 Å². The molecule has 6 heteroatoms. The highest BCUT2D eigenvalue weighted by atomic mass is 79.9. The van der Waals surface area contributed by atoms with Crippen LogP contribution in [0.15, 0.2) is 22.7 Å². The Hall–Kier alpha value is -0.290. The molecule has 1 amide bonds. The molecule has 0 radical (unpaired) electrons. The highest BCUT2D eigenvalue weighted by molar-refractivity contribution is 9.10. The van der Waals surface area contributed by atoms with E-state index in [1.807, 2.05) is 17.0 Å². The van der Waals surface area contributed by atoms with Crippen LogP contribution in [0.1, 0.15) is 18.4 Å². The molecule has 1 aliphatic rings. The van der Waals surface area contributed by atoms with Crippen molar-refractivity contribution in [3.63, 3.8) is 0 Å². The van der Waals surface area contributed by atoms with Gasteiger partial charge in [-0.15, -0.1) is 12.4 Å². The zero-order valence-electron chi connectivity index (χ0n) is 10.4. The third kappa shape index (κ3) is 4.63. The van der Waals surface area contributed by atoms with E-state index in [0.717, 1.165) is 29.4 Å². The van der Waals surface area contributed by atoms with Crippen LogP contribution in [0.2, 0.25) is 5.02 Å². The second kappa shape index (κ2) is 7.48. The lowest BCUT2D eigenvalue weighted by Gasteiger charge is -2.30. The van der Waals surface area contributed by atoms with Gasteiger partial charge >= 0.3 is 0 Å².